The molecule has 2 aliphatic rings. The number of hydrogen-bond acceptors (Lipinski definition) is 6. The summed E-state index contributed by atoms with van der Waals surface area (Å²) < 4.78 is 35.0. The standard InChI is InChI=1S/C23H21NO5S2/c1-31(26,27)17-5-6-18-15(13-17)3-2-10-24(18)23(25)22-9-8-21(30-22)16-4-7-19-20(14-16)29-12-11-28-19/h4-9,13-14H,2-3,10-12H2,1H3. The van der Waals surface area contributed by atoms with Gasteiger partial charge in [0.25, 0.3) is 5.91 Å². The van der Waals surface area contributed by atoms with E-state index in [4.69, 9.17) is 9.47 Å². The number of thiophene rings is 1. The second-order valence-electron chi connectivity index (χ2n) is 7.65. The van der Waals surface area contributed by atoms with E-state index in [9.17, 15) is 13.2 Å². The van der Waals surface area contributed by atoms with Gasteiger partial charge in [-0.2, -0.15) is 0 Å². The molecule has 1 aromatic heterocycles. The summed E-state index contributed by atoms with van der Waals surface area (Å²) in [6.45, 7) is 1.69. The van der Waals surface area contributed by atoms with Crippen LogP contribution in [0, 0.1) is 0 Å². The van der Waals surface area contributed by atoms with Gasteiger partial charge in [0.1, 0.15) is 13.2 Å². The van der Waals surface area contributed by atoms with Crippen molar-refractivity contribution in [1.29, 1.82) is 0 Å². The fourth-order valence-corrected chi connectivity index (χ4v) is 5.58. The lowest BCUT2D eigenvalue weighted by Gasteiger charge is -2.29. The molecular weight excluding hydrogens is 434 g/mol. The highest BCUT2D eigenvalue weighted by Crippen LogP contribution is 2.38. The molecule has 0 fully saturated rings. The molecule has 0 N–H and O–H groups in total. The topological polar surface area (TPSA) is 72.9 Å². The third-order valence-corrected chi connectivity index (χ3v) is 7.72. The van der Waals surface area contributed by atoms with Crippen LogP contribution in [0.25, 0.3) is 10.4 Å². The Labute approximate surface area is 185 Å². The van der Waals surface area contributed by atoms with Crippen molar-refractivity contribution in [2.75, 3.05) is 30.9 Å². The van der Waals surface area contributed by atoms with Crippen molar-refractivity contribution in [2.24, 2.45) is 0 Å². The SMILES string of the molecule is CS(=O)(=O)c1ccc2c(c1)CCCN2C(=O)c1ccc(-c2ccc3c(c2)OCCO3)s1. The molecule has 3 aromatic rings. The van der Waals surface area contributed by atoms with Crippen molar-refractivity contribution in [2.45, 2.75) is 17.7 Å². The van der Waals surface area contributed by atoms with Gasteiger partial charge < -0.3 is 14.4 Å². The van der Waals surface area contributed by atoms with Crippen LogP contribution in [-0.4, -0.2) is 40.3 Å². The van der Waals surface area contributed by atoms with Gasteiger partial charge in [0.15, 0.2) is 21.3 Å². The smallest absolute Gasteiger partial charge is 0.268 e. The molecule has 160 valence electrons. The maximum absolute atomic E-state index is 13.3. The number of rotatable bonds is 3. The number of hydrogen-bond donors (Lipinski definition) is 0. The van der Waals surface area contributed by atoms with Crippen molar-refractivity contribution in [3.8, 4) is 21.9 Å². The van der Waals surface area contributed by atoms with Gasteiger partial charge in [0.05, 0.1) is 9.77 Å². The first-order valence-corrected chi connectivity index (χ1v) is 12.8. The van der Waals surface area contributed by atoms with Crippen LogP contribution < -0.4 is 14.4 Å². The van der Waals surface area contributed by atoms with Crippen molar-refractivity contribution < 1.29 is 22.7 Å². The monoisotopic (exact) mass is 455 g/mol. The molecule has 0 aliphatic carbocycles. The first-order chi connectivity index (χ1) is 14.9. The predicted molar refractivity (Wildman–Crippen MR) is 120 cm³/mol. The summed E-state index contributed by atoms with van der Waals surface area (Å²) in [7, 11) is -3.28. The Balaban J connectivity index is 1.43. The van der Waals surface area contributed by atoms with Gasteiger partial charge in [-0.3, -0.25) is 4.79 Å². The van der Waals surface area contributed by atoms with E-state index >= 15 is 0 Å². The van der Waals surface area contributed by atoms with E-state index < -0.39 is 9.84 Å². The first kappa shape index (κ1) is 20.1. The Hall–Kier alpha value is -2.84. The molecule has 0 spiro atoms. The van der Waals surface area contributed by atoms with Crippen LogP contribution in [0.5, 0.6) is 11.5 Å². The lowest BCUT2D eigenvalue weighted by Crippen LogP contribution is -2.35. The van der Waals surface area contributed by atoms with Crippen LogP contribution in [0.4, 0.5) is 5.69 Å². The molecule has 5 rings (SSSR count). The third-order valence-electron chi connectivity index (χ3n) is 5.49. The predicted octanol–water partition coefficient (Wildman–Crippen LogP) is 4.18. The average Bonchev–Trinajstić information content (AvgIpc) is 3.27. The summed E-state index contributed by atoms with van der Waals surface area (Å²) in [6.07, 6.45) is 2.76. The molecule has 8 heteroatoms. The minimum Gasteiger partial charge on any atom is -0.486 e. The van der Waals surface area contributed by atoms with E-state index in [0.29, 0.717) is 24.6 Å². The summed E-state index contributed by atoms with van der Waals surface area (Å²) in [5.74, 6) is 1.39. The molecule has 31 heavy (non-hydrogen) atoms. The summed E-state index contributed by atoms with van der Waals surface area (Å²) in [5.41, 5.74) is 2.66. The number of benzene rings is 2. The van der Waals surface area contributed by atoms with E-state index in [0.717, 1.165) is 46.0 Å². The van der Waals surface area contributed by atoms with E-state index in [1.165, 1.54) is 17.6 Å². The largest absolute Gasteiger partial charge is 0.486 e. The van der Waals surface area contributed by atoms with E-state index in [1.54, 1.807) is 23.1 Å². The Morgan fingerprint density at radius 2 is 1.81 bits per heavy atom. The first-order valence-electron chi connectivity index (χ1n) is 10.0. The number of sulfone groups is 1. The van der Waals surface area contributed by atoms with Gasteiger partial charge in [-0.1, -0.05) is 0 Å². The average molecular weight is 456 g/mol. The molecule has 6 nitrogen and oxygen atoms in total. The summed E-state index contributed by atoms with van der Waals surface area (Å²) in [6, 6.07) is 14.6. The number of amides is 1. The van der Waals surface area contributed by atoms with Crippen LogP contribution >= 0.6 is 11.3 Å². The number of ether oxygens (including phenoxy) is 2. The molecule has 0 saturated carbocycles. The molecule has 0 unspecified atom stereocenters. The molecule has 3 heterocycles. The molecule has 2 aliphatic heterocycles. The summed E-state index contributed by atoms with van der Waals surface area (Å²) in [5, 5.41) is 0. The Bertz CT molecular complexity index is 1280. The third kappa shape index (κ3) is 3.81. The van der Waals surface area contributed by atoms with Crippen LogP contribution in [0.3, 0.4) is 0 Å². The molecule has 2 aromatic carbocycles. The van der Waals surface area contributed by atoms with Gasteiger partial charge >= 0.3 is 0 Å². The second kappa shape index (κ2) is 7.69. The van der Waals surface area contributed by atoms with Crippen molar-refractivity contribution in [3.63, 3.8) is 0 Å². The molecule has 1 amide bonds. The zero-order valence-electron chi connectivity index (χ0n) is 17.0. The number of aryl methyl sites for hydroxylation is 1. The molecule has 0 saturated heterocycles. The van der Waals surface area contributed by atoms with E-state index in [1.807, 2.05) is 30.3 Å². The fourth-order valence-electron chi connectivity index (χ4n) is 3.95. The number of carbonyl (C=O) groups excluding carboxylic acids is 1. The highest BCUT2D eigenvalue weighted by molar-refractivity contribution is 7.90. The quantitative estimate of drug-likeness (QED) is 0.592. The number of anilines is 1. The number of nitrogens with zero attached hydrogens (tertiary/aromatic N) is 1. The molecule has 0 bridgehead atoms. The van der Waals surface area contributed by atoms with Crippen LogP contribution in [0.2, 0.25) is 0 Å². The Morgan fingerprint density at radius 1 is 1.00 bits per heavy atom. The van der Waals surface area contributed by atoms with Gasteiger partial charge in [-0.15, -0.1) is 11.3 Å². The lowest BCUT2D eigenvalue weighted by molar-refractivity contribution is 0.0989. The summed E-state index contributed by atoms with van der Waals surface area (Å²) in [4.78, 5) is 17.0. The van der Waals surface area contributed by atoms with Gasteiger partial charge in [-0.05, 0) is 72.5 Å². The normalized spacial score (nSPS) is 15.5. The fraction of sp³-hybridized carbons (Fsp3) is 0.261. The minimum atomic E-state index is -3.28. The lowest BCUT2D eigenvalue weighted by atomic mass is 10.0. The Morgan fingerprint density at radius 3 is 2.61 bits per heavy atom. The highest BCUT2D eigenvalue weighted by atomic mass is 32.2. The highest BCUT2D eigenvalue weighted by Gasteiger charge is 2.26. The Kier molecular flexibility index (Phi) is 4.98. The van der Waals surface area contributed by atoms with E-state index in [-0.39, 0.29) is 10.8 Å². The summed E-state index contributed by atoms with van der Waals surface area (Å²) >= 11 is 1.44. The van der Waals surface area contributed by atoms with Crippen molar-refractivity contribution >= 4 is 32.8 Å². The van der Waals surface area contributed by atoms with Gasteiger partial charge in [-0.25, -0.2) is 8.42 Å². The number of fused-ring (bicyclic) bond motifs is 2. The second-order valence-corrected chi connectivity index (χ2v) is 10.7. The molecule has 0 radical (unpaired) electrons. The molecular formula is C23H21NO5S2. The van der Waals surface area contributed by atoms with Gasteiger partial charge in [0.2, 0.25) is 0 Å². The minimum absolute atomic E-state index is 0.0677. The van der Waals surface area contributed by atoms with Crippen LogP contribution in [0.15, 0.2) is 53.4 Å². The van der Waals surface area contributed by atoms with E-state index in [2.05, 4.69) is 0 Å². The van der Waals surface area contributed by atoms with Crippen LogP contribution in [0.1, 0.15) is 21.7 Å². The zero-order chi connectivity index (χ0) is 21.6. The maximum Gasteiger partial charge on any atom is 0.268 e. The van der Waals surface area contributed by atoms with Crippen molar-refractivity contribution in [3.05, 3.63) is 59.0 Å². The van der Waals surface area contributed by atoms with Gasteiger partial charge in [0, 0.05) is 23.4 Å². The molecule has 0 atom stereocenters. The number of carbonyl (C=O) groups is 1. The van der Waals surface area contributed by atoms with Crippen LogP contribution in [-0.2, 0) is 16.3 Å². The van der Waals surface area contributed by atoms with Crippen molar-refractivity contribution in [1.82, 2.24) is 0 Å². The maximum atomic E-state index is 13.3. The zero-order valence-corrected chi connectivity index (χ0v) is 18.6.